The summed E-state index contributed by atoms with van der Waals surface area (Å²) in [4.78, 5) is 13.8. The molecule has 1 heterocycles. The molecule has 1 aliphatic heterocycles. The van der Waals surface area contributed by atoms with E-state index in [4.69, 9.17) is 10.5 Å². The van der Waals surface area contributed by atoms with Crippen LogP contribution in [0, 0.1) is 0 Å². The molecule has 0 spiro atoms. The highest BCUT2D eigenvalue weighted by atomic mass is 19.4. The molecule has 0 aliphatic carbocycles. The fourth-order valence-electron chi connectivity index (χ4n) is 2.73. The van der Waals surface area contributed by atoms with Crippen LogP contribution in [0.15, 0.2) is 24.3 Å². The molecule has 0 bridgehead atoms. The van der Waals surface area contributed by atoms with E-state index < -0.39 is 23.4 Å². The lowest BCUT2D eigenvalue weighted by Crippen LogP contribution is -2.49. The van der Waals surface area contributed by atoms with Gasteiger partial charge in [-0.2, -0.15) is 13.2 Å². The van der Waals surface area contributed by atoms with Crippen molar-refractivity contribution in [3.05, 3.63) is 35.4 Å². The van der Waals surface area contributed by atoms with Gasteiger partial charge in [0.05, 0.1) is 5.56 Å². The highest BCUT2D eigenvalue weighted by Crippen LogP contribution is 2.32. The number of benzene rings is 1. The molecule has 1 aromatic carbocycles. The van der Waals surface area contributed by atoms with Crippen LogP contribution in [-0.2, 0) is 10.9 Å². The zero-order valence-corrected chi connectivity index (χ0v) is 14.1. The van der Waals surface area contributed by atoms with Crippen molar-refractivity contribution in [3.63, 3.8) is 0 Å². The van der Waals surface area contributed by atoms with Crippen LogP contribution in [0.4, 0.5) is 18.0 Å². The van der Waals surface area contributed by atoms with E-state index in [1.54, 1.807) is 25.7 Å². The van der Waals surface area contributed by atoms with Gasteiger partial charge in [-0.25, -0.2) is 4.79 Å². The van der Waals surface area contributed by atoms with E-state index in [1.165, 1.54) is 12.1 Å². The van der Waals surface area contributed by atoms with Crippen molar-refractivity contribution in [2.75, 3.05) is 13.1 Å². The first kappa shape index (κ1) is 18.6. The molecular weight excluding hydrogens is 321 g/mol. The Labute approximate surface area is 139 Å². The molecule has 4 nitrogen and oxygen atoms in total. The number of ether oxygens (including phenoxy) is 1. The number of carbonyl (C=O) groups is 1. The lowest BCUT2D eigenvalue weighted by Gasteiger charge is -2.37. The van der Waals surface area contributed by atoms with Crippen LogP contribution in [0.1, 0.15) is 44.2 Å². The van der Waals surface area contributed by atoms with Crippen molar-refractivity contribution in [1.82, 2.24) is 4.90 Å². The molecule has 0 unspecified atom stereocenters. The summed E-state index contributed by atoms with van der Waals surface area (Å²) in [6, 6.07) is 4.77. The fourth-order valence-corrected chi connectivity index (χ4v) is 2.73. The average molecular weight is 344 g/mol. The predicted molar refractivity (Wildman–Crippen MR) is 84.6 cm³/mol. The maximum Gasteiger partial charge on any atom is 0.416 e. The Bertz CT molecular complexity index is 579. The number of nitrogens with zero attached hydrogens (tertiary/aromatic N) is 1. The molecule has 134 valence electrons. The number of likely N-dealkylation sites (tertiary alicyclic amines) is 1. The molecule has 1 aromatic rings. The molecule has 2 atom stereocenters. The van der Waals surface area contributed by atoms with Gasteiger partial charge in [-0.1, -0.05) is 12.1 Å². The van der Waals surface area contributed by atoms with E-state index in [0.717, 1.165) is 12.1 Å². The first-order chi connectivity index (χ1) is 11.0. The van der Waals surface area contributed by atoms with Crippen molar-refractivity contribution in [2.45, 2.75) is 50.9 Å². The Balaban J connectivity index is 2.12. The van der Waals surface area contributed by atoms with E-state index in [9.17, 15) is 18.0 Å². The Kier molecular flexibility index (Phi) is 5.13. The number of hydrogen-bond acceptors (Lipinski definition) is 3. The van der Waals surface area contributed by atoms with E-state index in [-0.39, 0.29) is 12.0 Å². The number of carbonyl (C=O) groups excluding carboxylic acids is 1. The molecule has 1 saturated heterocycles. The first-order valence-electron chi connectivity index (χ1n) is 7.88. The second kappa shape index (κ2) is 6.63. The Morgan fingerprint density at radius 2 is 1.79 bits per heavy atom. The monoisotopic (exact) mass is 344 g/mol. The van der Waals surface area contributed by atoms with Crippen LogP contribution in [-0.4, -0.2) is 35.7 Å². The molecule has 24 heavy (non-hydrogen) atoms. The van der Waals surface area contributed by atoms with Crippen LogP contribution in [0.3, 0.4) is 0 Å². The lowest BCUT2D eigenvalue weighted by atomic mass is 9.86. The van der Waals surface area contributed by atoms with Gasteiger partial charge in [0.25, 0.3) is 0 Å². The normalized spacial score (nSPS) is 22.4. The van der Waals surface area contributed by atoms with Crippen molar-refractivity contribution >= 4 is 6.09 Å². The number of amides is 1. The van der Waals surface area contributed by atoms with Crippen molar-refractivity contribution < 1.29 is 22.7 Å². The van der Waals surface area contributed by atoms with Gasteiger partial charge in [0, 0.05) is 25.0 Å². The zero-order chi connectivity index (χ0) is 18.1. The maximum atomic E-state index is 12.7. The number of nitrogens with two attached hydrogens (primary N) is 1. The third-order valence-corrected chi connectivity index (χ3v) is 3.98. The summed E-state index contributed by atoms with van der Waals surface area (Å²) in [7, 11) is 0. The molecule has 7 heteroatoms. The third-order valence-electron chi connectivity index (χ3n) is 3.98. The standard InChI is InChI=1S/C17H23F3N2O2/c1-16(2,3)24-15(23)22-9-8-14(21)13(10-22)11-4-6-12(7-5-11)17(18,19)20/h4-7,13-14H,8-10,21H2,1-3H3/t13-,14-/m0/s1. The predicted octanol–water partition coefficient (Wildman–Crippen LogP) is 3.76. The number of rotatable bonds is 1. The van der Waals surface area contributed by atoms with Crippen molar-refractivity contribution in [1.29, 1.82) is 0 Å². The van der Waals surface area contributed by atoms with Gasteiger partial charge in [0.1, 0.15) is 5.60 Å². The summed E-state index contributed by atoms with van der Waals surface area (Å²) >= 11 is 0. The molecule has 1 fully saturated rings. The van der Waals surface area contributed by atoms with E-state index >= 15 is 0 Å². The van der Waals surface area contributed by atoms with Gasteiger partial charge in [0.15, 0.2) is 0 Å². The van der Waals surface area contributed by atoms with E-state index in [1.807, 2.05) is 0 Å². The van der Waals surface area contributed by atoms with E-state index in [0.29, 0.717) is 25.1 Å². The minimum atomic E-state index is -4.37. The summed E-state index contributed by atoms with van der Waals surface area (Å²) in [6.07, 6.45) is -4.22. The van der Waals surface area contributed by atoms with Gasteiger partial charge in [0.2, 0.25) is 0 Å². The van der Waals surface area contributed by atoms with Gasteiger partial charge in [-0.05, 0) is 44.9 Å². The quantitative estimate of drug-likeness (QED) is 0.844. The molecule has 0 aromatic heterocycles. The van der Waals surface area contributed by atoms with E-state index in [2.05, 4.69) is 0 Å². The molecule has 2 rings (SSSR count). The van der Waals surface area contributed by atoms with Crippen LogP contribution < -0.4 is 5.73 Å². The second-order valence-corrected chi connectivity index (χ2v) is 7.11. The largest absolute Gasteiger partial charge is 0.444 e. The smallest absolute Gasteiger partial charge is 0.416 e. The highest BCUT2D eigenvalue weighted by molar-refractivity contribution is 5.68. The maximum absolute atomic E-state index is 12.7. The summed E-state index contributed by atoms with van der Waals surface area (Å²) in [5.74, 6) is -0.214. The van der Waals surface area contributed by atoms with Crippen LogP contribution in [0.2, 0.25) is 0 Å². The highest BCUT2D eigenvalue weighted by Gasteiger charge is 2.34. The summed E-state index contributed by atoms with van der Waals surface area (Å²) in [6.45, 7) is 6.17. The van der Waals surface area contributed by atoms with Crippen LogP contribution in [0.5, 0.6) is 0 Å². The van der Waals surface area contributed by atoms with Crippen LogP contribution in [0.25, 0.3) is 0 Å². The molecule has 1 amide bonds. The van der Waals surface area contributed by atoms with Gasteiger partial charge < -0.3 is 15.4 Å². The number of alkyl halides is 3. The molecule has 0 saturated carbocycles. The van der Waals surface area contributed by atoms with Crippen LogP contribution >= 0.6 is 0 Å². The Hall–Kier alpha value is -1.76. The molecule has 2 N–H and O–H groups in total. The average Bonchev–Trinajstić information content (AvgIpc) is 2.45. The zero-order valence-electron chi connectivity index (χ0n) is 14.1. The Morgan fingerprint density at radius 1 is 1.21 bits per heavy atom. The summed E-state index contributed by atoms with van der Waals surface area (Å²) < 4.78 is 43.4. The van der Waals surface area contributed by atoms with Crippen molar-refractivity contribution in [3.8, 4) is 0 Å². The topological polar surface area (TPSA) is 55.6 Å². The van der Waals surface area contributed by atoms with Gasteiger partial charge in [-0.3, -0.25) is 0 Å². The van der Waals surface area contributed by atoms with Gasteiger partial charge >= 0.3 is 12.3 Å². The minimum absolute atomic E-state index is 0.208. The third kappa shape index (κ3) is 4.63. The summed E-state index contributed by atoms with van der Waals surface area (Å²) in [5, 5.41) is 0. The minimum Gasteiger partial charge on any atom is -0.444 e. The number of halogens is 3. The first-order valence-corrected chi connectivity index (χ1v) is 7.88. The van der Waals surface area contributed by atoms with Gasteiger partial charge in [-0.15, -0.1) is 0 Å². The molecule has 0 radical (unpaired) electrons. The lowest BCUT2D eigenvalue weighted by molar-refractivity contribution is -0.137. The fraction of sp³-hybridized carbons (Fsp3) is 0.588. The van der Waals surface area contributed by atoms with Crippen molar-refractivity contribution in [2.24, 2.45) is 5.73 Å². The SMILES string of the molecule is CC(C)(C)OC(=O)N1CC[C@H](N)[C@H](c2ccc(C(F)(F)F)cc2)C1. The summed E-state index contributed by atoms with van der Waals surface area (Å²) in [5.41, 5.74) is 5.53. The Morgan fingerprint density at radius 3 is 2.29 bits per heavy atom. The number of hydrogen-bond donors (Lipinski definition) is 1. The second-order valence-electron chi connectivity index (χ2n) is 7.11. The molecular formula is C17H23F3N2O2. The number of piperidine rings is 1. The molecule has 1 aliphatic rings.